The van der Waals surface area contributed by atoms with Gasteiger partial charge in [0, 0.05) is 30.8 Å². The van der Waals surface area contributed by atoms with E-state index >= 15 is 0 Å². The molecule has 0 fully saturated rings. The highest BCUT2D eigenvalue weighted by atomic mass is 16.5. The van der Waals surface area contributed by atoms with E-state index in [2.05, 4.69) is 33.6 Å². The fourth-order valence-electron chi connectivity index (χ4n) is 4.04. The van der Waals surface area contributed by atoms with Crippen molar-refractivity contribution in [1.29, 1.82) is 0 Å². The SMILES string of the molecule is c1ccc(-n2ncc3c2CCCC3NCc2ccc3c(c2)CCO3)nc1. The van der Waals surface area contributed by atoms with E-state index in [4.69, 9.17) is 4.74 Å². The van der Waals surface area contributed by atoms with E-state index in [0.717, 1.165) is 44.0 Å². The minimum absolute atomic E-state index is 0.348. The Balaban J connectivity index is 1.35. The summed E-state index contributed by atoms with van der Waals surface area (Å²) in [6.45, 7) is 1.68. The van der Waals surface area contributed by atoms with Crippen LogP contribution in [0.1, 0.15) is 41.3 Å². The van der Waals surface area contributed by atoms with Crippen LogP contribution in [-0.4, -0.2) is 21.4 Å². The molecule has 5 nitrogen and oxygen atoms in total. The predicted octanol–water partition coefficient (Wildman–Crippen LogP) is 3.37. The Bertz CT molecular complexity index is 919. The number of pyridine rings is 1. The topological polar surface area (TPSA) is 52.0 Å². The van der Waals surface area contributed by atoms with E-state index in [-0.39, 0.29) is 0 Å². The lowest BCUT2D eigenvalue weighted by Crippen LogP contribution is -2.25. The van der Waals surface area contributed by atoms with Crippen molar-refractivity contribution in [1.82, 2.24) is 20.1 Å². The molecule has 0 radical (unpaired) electrons. The van der Waals surface area contributed by atoms with Crippen LogP contribution in [0.5, 0.6) is 5.75 Å². The van der Waals surface area contributed by atoms with Crippen LogP contribution >= 0.6 is 0 Å². The highest BCUT2D eigenvalue weighted by Gasteiger charge is 2.25. The Labute approximate surface area is 153 Å². The van der Waals surface area contributed by atoms with Gasteiger partial charge in [-0.05, 0) is 48.6 Å². The first-order valence-corrected chi connectivity index (χ1v) is 9.35. The first-order chi connectivity index (χ1) is 12.9. The molecule has 5 heteroatoms. The molecule has 2 aromatic heterocycles. The molecular weight excluding hydrogens is 324 g/mol. The van der Waals surface area contributed by atoms with Gasteiger partial charge in [0.2, 0.25) is 0 Å². The molecule has 1 unspecified atom stereocenters. The van der Waals surface area contributed by atoms with Crippen molar-refractivity contribution in [3.05, 3.63) is 71.2 Å². The van der Waals surface area contributed by atoms with E-state index < -0.39 is 0 Å². The second kappa shape index (κ2) is 6.57. The lowest BCUT2D eigenvalue weighted by atomic mass is 9.92. The van der Waals surface area contributed by atoms with Crippen LogP contribution in [0.3, 0.4) is 0 Å². The minimum Gasteiger partial charge on any atom is -0.493 e. The van der Waals surface area contributed by atoms with Gasteiger partial charge < -0.3 is 10.1 Å². The van der Waals surface area contributed by atoms with Crippen LogP contribution in [0.15, 0.2) is 48.8 Å². The second-order valence-electron chi connectivity index (χ2n) is 7.01. The quantitative estimate of drug-likeness (QED) is 0.787. The summed E-state index contributed by atoms with van der Waals surface area (Å²) in [4.78, 5) is 4.45. The third-order valence-corrected chi connectivity index (χ3v) is 5.36. The zero-order valence-corrected chi connectivity index (χ0v) is 14.7. The fourth-order valence-corrected chi connectivity index (χ4v) is 4.04. The zero-order valence-electron chi connectivity index (χ0n) is 14.7. The maximum Gasteiger partial charge on any atom is 0.153 e. The monoisotopic (exact) mass is 346 g/mol. The third-order valence-electron chi connectivity index (χ3n) is 5.36. The number of nitrogens with zero attached hydrogens (tertiary/aromatic N) is 3. The summed E-state index contributed by atoms with van der Waals surface area (Å²) >= 11 is 0. The van der Waals surface area contributed by atoms with Gasteiger partial charge in [-0.3, -0.25) is 0 Å². The number of benzene rings is 1. The van der Waals surface area contributed by atoms with Gasteiger partial charge in [0.25, 0.3) is 0 Å². The molecule has 0 amide bonds. The molecule has 1 aromatic carbocycles. The Morgan fingerprint density at radius 1 is 1.19 bits per heavy atom. The number of hydrogen-bond donors (Lipinski definition) is 1. The standard InChI is InChI=1S/C21H22N4O/c1-2-10-22-21(6-1)25-19-5-3-4-18(17(19)14-24-25)23-13-15-7-8-20-16(12-15)9-11-26-20/h1-2,6-8,10,12,14,18,23H,3-5,9,11,13H2. The molecule has 0 saturated heterocycles. The van der Waals surface area contributed by atoms with Crippen LogP contribution in [0.25, 0.3) is 5.82 Å². The molecule has 0 bridgehead atoms. The van der Waals surface area contributed by atoms with Gasteiger partial charge in [-0.1, -0.05) is 18.2 Å². The lowest BCUT2D eigenvalue weighted by molar-refractivity contribution is 0.357. The largest absolute Gasteiger partial charge is 0.493 e. The van der Waals surface area contributed by atoms with E-state index in [9.17, 15) is 0 Å². The van der Waals surface area contributed by atoms with Gasteiger partial charge in [0.15, 0.2) is 5.82 Å². The van der Waals surface area contributed by atoms with Crippen molar-refractivity contribution in [3.63, 3.8) is 0 Å². The molecule has 26 heavy (non-hydrogen) atoms. The molecular formula is C21H22N4O. The summed E-state index contributed by atoms with van der Waals surface area (Å²) in [7, 11) is 0. The Morgan fingerprint density at radius 2 is 2.19 bits per heavy atom. The Kier molecular flexibility index (Phi) is 3.94. The van der Waals surface area contributed by atoms with Gasteiger partial charge in [-0.15, -0.1) is 0 Å². The highest BCUT2D eigenvalue weighted by Crippen LogP contribution is 2.31. The van der Waals surface area contributed by atoms with Crippen LogP contribution in [0, 0.1) is 0 Å². The zero-order chi connectivity index (χ0) is 17.3. The second-order valence-corrected chi connectivity index (χ2v) is 7.01. The van der Waals surface area contributed by atoms with Crippen molar-refractivity contribution < 1.29 is 4.74 Å². The Morgan fingerprint density at radius 3 is 3.12 bits per heavy atom. The third kappa shape index (κ3) is 2.78. The maximum atomic E-state index is 5.60. The summed E-state index contributed by atoms with van der Waals surface area (Å²) in [6, 6.07) is 12.8. The molecule has 3 heterocycles. The predicted molar refractivity (Wildman–Crippen MR) is 99.5 cm³/mol. The van der Waals surface area contributed by atoms with Crippen molar-refractivity contribution in [3.8, 4) is 11.6 Å². The van der Waals surface area contributed by atoms with Gasteiger partial charge in [0.1, 0.15) is 5.75 Å². The fraction of sp³-hybridized carbons (Fsp3) is 0.333. The molecule has 0 saturated carbocycles. The molecule has 0 spiro atoms. The van der Waals surface area contributed by atoms with Crippen molar-refractivity contribution in [2.45, 2.75) is 38.3 Å². The van der Waals surface area contributed by atoms with Gasteiger partial charge in [-0.2, -0.15) is 5.10 Å². The number of ether oxygens (including phenoxy) is 1. The van der Waals surface area contributed by atoms with Crippen LogP contribution in [-0.2, 0) is 19.4 Å². The minimum atomic E-state index is 0.348. The number of fused-ring (bicyclic) bond motifs is 2. The molecule has 2 aliphatic rings. The van der Waals surface area contributed by atoms with E-state index in [1.165, 1.54) is 28.8 Å². The lowest BCUT2D eigenvalue weighted by Gasteiger charge is -2.24. The number of hydrogen-bond acceptors (Lipinski definition) is 4. The smallest absolute Gasteiger partial charge is 0.153 e. The number of rotatable bonds is 4. The summed E-state index contributed by atoms with van der Waals surface area (Å²) in [6.07, 6.45) is 8.22. The van der Waals surface area contributed by atoms with E-state index in [1.807, 2.05) is 35.3 Å². The van der Waals surface area contributed by atoms with Gasteiger partial charge in [0.05, 0.1) is 18.5 Å². The molecule has 1 atom stereocenters. The van der Waals surface area contributed by atoms with Crippen molar-refractivity contribution >= 4 is 0 Å². The highest BCUT2D eigenvalue weighted by molar-refractivity contribution is 5.40. The summed E-state index contributed by atoms with van der Waals surface area (Å²) in [5.74, 6) is 1.94. The normalized spacial score (nSPS) is 18.2. The Hall–Kier alpha value is -2.66. The maximum absolute atomic E-state index is 5.60. The molecule has 1 N–H and O–H groups in total. The summed E-state index contributed by atoms with van der Waals surface area (Å²) < 4.78 is 7.60. The first kappa shape index (κ1) is 15.6. The van der Waals surface area contributed by atoms with Crippen LogP contribution < -0.4 is 10.1 Å². The van der Waals surface area contributed by atoms with Crippen LogP contribution in [0.4, 0.5) is 0 Å². The average molecular weight is 346 g/mol. The van der Waals surface area contributed by atoms with Crippen molar-refractivity contribution in [2.75, 3.05) is 6.61 Å². The van der Waals surface area contributed by atoms with Gasteiger partial charge >= 0.3 is 0 Å². The molecule has 1 aliphatic heterocycles. The van der Waals surface area contributed by atoms with E-state index in [0.29, 0.717) is 6.04 Å². The molecule has 132 valence electrons. The summed E-state index contributed by atoms with van der Waals surface area (Å²) in [5, 5.41) is 8.35. The molecule has 1 aliphatic carbocycles. The van der Waals surface area contributed by atoms with Gasteiger partial charge in [-0.25, -0.2) is 9.67 Å². The first-order valence-electron chi connectivity index (χ1n) is 9.35. The van der Waals surface area contributed by atoms with E-state index in [1.54, 1.807) is 0 Å². The van der Waals surface area contributed by atoms with Crippen molar-refractivity contribution in [2.24, 2.45) is 0 Å². The molecule has 3 aromatic rings. The average Bonchev–Trinajstić information content (AvgIpc) is 3.33. The van der Waals surface area contributed by atoms with Crippen LogP contribution in [0.2, 0.25) is 0 Å². The number of nitrogens with one attached hydrogen (secondary N) is 1. The molecule has 5 rings (SSSR count). The summed E-state index contributed by atoms with van der Waals surface area (Å²) in [5.41, 5.74) is 5.25. The number of aromatic nitrogens is 3.